The van der Waals surface area contributed by atoms with Gasteiger partial charge in [-0.3, -0.25) is 24.2 Å². The highest BCUT2D eigenvalue weighted by atomic mass is 32.1. The lowest BCUT2D eigenvalue weighted by molar-refractivity contribution is -0.122. The molecule has 0 bridgehead atoms. The lowest BCUT2D eigenvalue weighted by Gasteiger charge is -2.29. The van der Waals surface area contributed by atoms with E-state index < -0.39 is 17.6 Å². The molecule has 3 heterocycles. The fraction of sp³-hybridized carbons (Fsp3) is 0. The van der Waals surface area contributed by atoms with Crippen molar-refractivity contribution in [2.24, 2.45) is 0 Å². The minimum Gasteiger partial charge on any atom is -0.457 e. The van der Waals surface area contributed by atoms with Gasteiger partial charge in [0.25, 0.3) is 11.8 Å². The SMILES string of the molecule is O=C1NC(=S)N(c2ccc(Oc3ccccc3)cc2)C(=O)/C1=C/c1c(-c2ccccc2F)nc2sccn12. The molecule has 0 saturated carbocycles. The Kier molecular flexibility index (Phi) is 6.02. The summed E-state index contributed by atoms with van der Waals surface area (Å²) < 4.78 is 22.2. The molecule has 0 spiro atoms. The fourth-order valence-corrected chi connectivity index (χ4v) is 5.11. The first-order chi connectivity index (χ1) is 18.5. The first-order valence-electron chi connectivity index (χ1n) is 11.4. The second-order valence-corrected chi connectivity index (χ2v) is 9.51. The molecule has 1 aliphatic heterocycles. The number of thiocarbonyl (C=S) groups is 1. The maximum atomic E-state index is 14.7. The third-order valence-electron chi connectivity index (χ3n) is 5.88. The topological polar surface area (TPSA) is 75.9 Å². The molecular weight excluding hydrogens is 523 g/mol. The molecule has 3 aromatic carbocycles. The minimum absolute atomic E-state index is 0.0443. The van der Waals surface area contributed by atoms with Crippen LogP contribution in [0.3, 0.4) is 0 Å². The van der Waals surface area contributed by atoms with Gasteiger partial charge in [0.05, 0.1) is 11.4 Å². The second-order valence-electron chi connectivity index (χ2n) is 8.25. The van der Waals surface area contributed by atoms with E-state index in [1.165, 1.54) is 28.4 Å². The predicted octanol–water partition coefficient (Wildman–Crippen LogP) is 5.83. The van der Waals surface area contributed by atoms with E-state index in [4.69, 9.17) is 17.0 Å². The van der Waals surface area contributed by atoms with Gasteiger partial charge in [0.15, 0.2) is 10.1 Å². The summed E-state index contributed by atoms with van der Waals surface area (Å²) in [6.45, 7) is 0. The molecule has 1 aliphatic rings. The van der Waals surface area contributed by atoms with E-state index >= 15 is 0 Å². The van der Waals surface area contributed by atoms with Gasteiger partial charge in [-0.1, -0.05) is 30.3 Å². The number of carbonyl (C=O) groups excluding carboxylic acids is 2. The number of carbonyl (C=O) groups is 2. The normalized spacial score (nSPS) is 14.8. The number of amides is 2. The van der Waals surface area contributed by atoms with Crippen molar-refractivity contribution in [1.29, 1.82) is 0 Å². The summed E-state index contributed by atoms with van der Waals surface area (Å²) in [7, 11) is 0. The smallest absolute Gasteiger partial charge is 0.270 e. The van der Waals surface area contributed by atoms with Crippen molar-refractivity contribution >= 4 is 57.2 Å². The summed E-state index contributed by atoms with van der Waals surface area (Å²) in [5, 5.41) is 4.36. The van der Waals surface area contributed by atoms with Crippen molar-refractivity contribution in [2.45, 2.75) is 0 Å². The third kappa shape index (κ3) is 4.25. The number of fused-ring (bicyclic) bond motifs is 1. The van der Waals surface area contributed by atoms with Crippen molar-refractivity contribution in [2.75, 3.05) is 4.90 Å². The van der Waals surface area contributed by atoms with Gasteiger partial charge in [0.2, 0.25) is 0 Å². The number of nitrogens with zero attached hydrogens (tertiary/aromatic N) is 3. The van der Waals surface area contributed by atoms with E-state index in [2.05, 4.69) is 10.3 Å². The molecule has 0 unspecified atom stereocenters. The van der Waals surface area contributed by atoms with Crippen molar-refractivity contribution < 1.29 is 18.7 Å². The maximum Gasteiger partial charge on any atom is 0.270 e. The molecule has 0 atom stereocenters. The lowest BCUT2D eigenvalue weighted by atomic mass is 10.1. The highest BCUT2D eigenvalue weighted by molar-refractivity contribution is 7.80. The molecule has 0 aliphatic carbocycles. The molecule has 38 heavy (non-hydrogen) atoms. The van der Waals surface area contributed by atoms with Crippen LogP contribution in [-0.4, -0.2) is 26.3 Å². The summed E-state index contributed by atoms with van der Waals surface area (Å²) in [4.78, 5) is 32.9. The molecule has 7 nitrogen and oxygen atoms in total. The van der Waals surface area contributed by atoms with E-state index in [-0.39, 0.29) is 16.2 Å². The standard InChI is InChI=1S/C28H17FN4O3S2/c29-22-9-5-4-8-20(22)24-23(32-14-15-38-28(32)30-24)16-21-25(34)31-27(37)33(26(21)35)17-10-12-19(13-11-17)36-18-6-2-1-3-7-18/h1-16H,(H,31,34,37)/b21-16+. The molecule has 186 valence electrons. The van der Waals surface area contributed by atoms with Crippen molar-refractivity contribution in [3.05, 3.63) is 108 Å². The number of nitrogens with one attached hydrogen (secondary N) is 1. The summed E-state index contributed by atoms with van der Waals surface area (Å²) in [5.74, 6) is -0.472. The zero-order valence-corrected chi connectivity index (χ0v) is 21.1. The Hall–Kier alpha value is -4.67. The lowest BCUT2D eigenvalue weighted by Crippen LogP contribution is -2.54. The van der Waals surface area contributed by atoms with Crippen molar-refractivity contribution in [3.63, 3.8) is 0 Å². The zero-order valence-electron chi connectivity index (χ0n) is 19.5. The van der Waals surface area contributed by atoms with E-state index in [0.29, 0.717) is 33.5 Å². The molecule has 2 amide bonds. The van der Waals surface area contributed by atoms with Crippen LogP contribution >= 0.6 is 23.6 Å². The molecule has 2 aromatic heterocycles. The number of anilines is 1. The number of thiazole rings is 1. The van der Waals surface area contributed by atoms with Crippen LogP contribution in [0.5, 0.6) is 11.5 Å². The third-order valence-corrected chi connectivity index (χ3v) is 6.93. The Morgan fingerprint density at radius 2 is 1.66 bits per heavy atom. The van der Waals surface area contributed by atoms with Gasteiger partial charge in [-0.05, 0) is 66.8 Å². The number of hydrogen-bond donors (Lipinski definition) is 1. The number of aromatic nitrogens is 2. The van der Waals surface area contributed by atoms with Gasteiger partial charge in [0, 0.05) is 17.1 Å². The molecule has 1 saturated heterocycles. The first-order valence-corrected chi connectivity index (χ1v) is 12.7. The molecule has 1 N–H and O–H groups in total. The summed E-state index contributed by atoms with van der Waals surface area (Å²) in [6, 6.07) is 22.3. The summed E-state index contributed by atoms with van der Waals surface area (Å²) in [6.07, 6.45) is 3.18. The monoisotopic (exact) mass is 540 g/mol. The highest BCUT2D eigenvalue weighted by Gasteiger charge is 2.35. The number of imidazole rings is 1. The van der Waals surface area contributed by atoms with Gasteiger partial charge in [0.1, 0.15) is 28.6 Å². The van der Waals surface area contributed by atoms with Crippen molar-refractivity contribution in [3.8, 4) is 22.8 Å². The number of ether oxygens (including phenoxy) is 1. The quantitative estimate of drug-likeness (QED) is 0.173. The molecule has 0 radical (unpaired) electrons. The van der Waals surface area contributed by atoms with Crippen LogP contribution in [0.15, 0.2) is 96.0 Å². The zero-order chi connectivity index (χ0) is 26.2. The van der Waals surface area contributed by atoms with Gasteiger partial charge in [-0.2, -0.15) is 0 Å². The largest absolute Gasteiger partial charge is 0.457 e. The van der Waals surface area contributed by atoms with Crippen LogP contribution in [0.1, 0.15) is 5.69 Å². The van der Waals surface area contributed by atoms with Crippen LogP contribution in [0.2, 0.25) is 0 Å². The molecule has 10 heteroatoms. The van der Waals surface area contributed by atoms with Gasteiger partial charge in [-0.25, -0.2) is 9.37 Å². The summed E-state index contributed by atoms with van der Waals surface area (Å²) >= 11 is 6.69. The Morgan fingerprint density at radius 1 is 0.947 bits per heavy atom. The average molecular weight is 541 g/mol. The number of para-hydroxylation sites is 1. The number of halogens is 1. The number of benzene rings is 3. The molecule has 6 rings (SSSR count). The number of hydrogen-bond acceptors (Lipinski definition) is 6. The Morgan fingerprint density at radius 3 is 2.42 bits per heavy atom. The van der Waals surface area contributed by atoms with E-state index in [1.807, 2.05) is 35.7 Å². The second kappa shape index (κ2) is 9.66. The van der Waals surface area contributed by atoms with Gasteiger partial charge >= 0.3 is 0 Å². The number of rotatable bonds is 5. The average Bonchev–Trinajstić information content (AvgIpc) is 3.50. The van der Waals surface area contributed by atoms with E-state index in [1.54, 1.807) is 53.1 Å². The van der Waals surface area contributed by atoms with E-state index in [9.17, 15) is 14.0 Å². The Bertz CT molecular complexity index is 1740. The molecule has 1 fully saturated rings. The maximum absolute atomic E-state index is 14.7. The summed E-state index contributed by atoms with van der Waals surface area (Å²) in [5.41, 5.74) is 1.29. The first kappa shape index (κ1) is 23.7. The highest BCUT2D eigenvalue weighted by Crippen LogP contribution is 2.32. The van der Waals surface area contributed by atoms with Gasteiger partial charge in [-0.15, -0.1) is 11.3 Å². The molecular formula is C28H17FN4O3S2. The predicted molar refractivity (Wildman–Crippen MR) is 148 cm³/mol. The van der Waals surface area contributed by atoms with Gasteiger partial charge < -0.3 is 4.74 Å². The van der Waals surface area contributed by atoms with Crippen LogP contribution in [-0.2, 0) is 9.59 Å². The van der Waals surface area contributed by atoms with Crippen LogP contribution in [0, 0.1) is 5.82 Å². The minimum atomic E-state index is -0.648. The Balaban J connectivity index is 1.37. The Labute approximate surface area is 225 Å². The van der Waals surface area contributed by atoms with E-state index in [0.717, 1.165) is 0 Å². The molecule has 5 aromatic rings. The van der Waals surface area contributed by atoms with Crippen LogP contribution < -0.4 is 15.0 Å². The fourth-order valence-electron chi connectivity index (χ4n) is 4.11. The van der Waals surface area contributed by atoms with Crippen LogP contribution in [0.4, 0.5) is 10.1 Å². The van der Waals surface area contributed by atoms with Crippen LogP contribution in [0.25, 0.3) is 22.3 Å². The van der Waals surface area contributed by atoms with Crippen molar-refractivity contribution in [1.82, 2.24) is 14.7 Å².